The minimum Gasteiger partial charge on any atom is -0.480 e. The minimum absolute atomic E-state index is 0.214. The highest BCUT2D eigenvalue weighted by atomic mass is 32.2. The van der Waals surface area contributed by atoms with Gasteiger partial charge in [-0.2, -0.15) is 0 Å². The van der Waals surface area contributed by atoms with Gasteiger partial charge in [0, 0.05) is 0 Å². The van der Waals surface area contributed by atoms with Crippen molar-refractivity contribution >= 4 is 17.7 Å². The lowest BCUT2D eigenvalue weighted by Crippen LogP contribution is -2.15. The average molecular weight is 216 g/mol. The predicted octanol–water partition coefficient (Wildman–Crippen LogP) is 3.33. The van der Waals surface area contributed by atoms with Crippen molar-refractivity contribution in [3.8, 4) is 0 Å². The summed E-state index contributed by atoms with van der Waals surface area (Å²) in [6.07, 6.45) is 7.18. The van der Waals surface area contributed by atoms with Crippen LogP contribution in [-0.2, 0) is 4.79 Å². The van der Waals surface area contributed by atoms with E-state index in [0.717, 1.165) is 18.6 Å². The lowest BCUT2D eigenvalue weighted by molar-refractivity contribution is -0.136. The molecule has 0 aliphatic carbocycles. The Hall–Kier alpha value is -0.440. The van der Waals surface area contributed by atoms with Gasteiger partial charge >= 0.3 is 5.97 Å². The minimum atomic E-state index is -0.677. The third-order valence-electron chi connectivity index (χ3n) is 2.02. The third-order valence-corrected chi connectivity index (χ3v) is 3.48. The van der Waals surface area contributed by atoms with Crippen molar-refractivity contribution in [3.05, 3.63) is 12.7 Å². The maximum absolute atomic E-state index is 10.7. The molecule has 0 aliphatic rings. The molecule has 0 aromatic rings. The van der Waals surface area contributed by atoms with E-state index < -0.39 is 5.97 Å². The summed E-state index contributed by atoms with van der Waals surface area (Å²) in [5, 5.41) is 8.57. The van der Waals surface area contributed by atoms with Gasteiger partial charge in [0.15, 0.2) is 0 Å². The molecule has 0 rings (SSSR count). The largest absolute Gasteiger partial charge is 0.480 e. The van der Waals surface area contributed by atoms with E-state index in [1.807, 2.05) is 13.0 Å². The topological polar surface area (TPSA) is 37.3 Å². The van der Waals surface area contributed by atoms with Gasteiger partial charge in [-0.15, -0.1) is 18.3 Å². The van der Waals surface area contributed by atoms with Gasteiger partial charge < -0.3 is 5.11 Å². The van der Waals surface area contributed by atoms with Crippen molar-refractivity contribution in [3.63, 3.8) is 0 Å². The zero-order chi connectivity index (χ0) is 10.8. The van der Waals surface area contributed by atoms with E-state index in [-0.39, 0.29) is 5.25 Å². The highest BCUT2D eigenvalue weighted by Crippen LogP contribution is 2.17. The van der Waals surface area contributed by atoms with Crippen LogP contribution in [0.15, 0.2) is 12.7 Å². The second-order valence-electron chi connectivity index (χ2n) is 3.24. The van der Waals surface area contributed by atoms with Crippen LogP contribution in [0, 0.1) is 0 Å². The van der Waals surface area contributed by atoms with E-state index in [1.54, 1.807) is 11.8 Å². The molecule has 0 amide bonds. The molecule has 82 valence electrons. The standard InChI is InChI=1S/C11H20O2S/c1-3-5-6-7-8-9-14-10(4-2)11(12)13/h3,10H,1,4-9H2,2H3,(H,12,13). The molecule has 0 heterocycles. The number of thioether (sulfide) groups is 1. The number of allylic oxidation sites excluding steroid dienone is 1. The summed E-state index contributed by atoms with van der Waals surface area (Å²) < 4.78 is 0. The van der Waals surface area contributed by atoms with Crippen LogP contribution in [-0.4, -0.2) is 22.1 Å². The van der Waals surface area contributed by atoms with E-state index >= 15 is 0 Å². The summed E-state index contributed by atoms with van der Waals surface area (Å²) in [5.41, 5.74) is 0. The van der Waals surface area contributed by atoms with Gasteiger partial charge in [0.1, 0.15) is 5.25 Å². The fourth-order valence-electron chi connectivity index (χ4n) is 1.16. The van der Waals surface area contributed by atoms with E-state index in [0.29, 0.717) is 6.42 Å². The van der Waals surface area contributed by atoms with Gasteiger partial charge in [-0.1, -0.05) is 19.4 Å². The molecule has 0 radical (unpaired) electrons. The number of rotatable bonds is 9. The SMILES string of the molecule is C=CCCCCCSC(CC)C(=O)O. The van der Waals surface area contributed by atoms with Crippen molar-refractivity contribution in [1.29, 1.82) is 0 Å². The predicted molar refractivity (Wildman–Crippen MR) is 62.8 cm³/mol. The summed E-state index contributed by atoms with van der Waals surface area (Å²) in [5.74, 6) is 0.283. The van der Waals surface area contributed by atoms with E-state index in [9.17, 15) is 4.79 Å². The van der Waals surface area contributed by atoms with Crippen LogP contribution in [0.4, 0.5) is 0 Å². The van der Waals surface area contributed by atoms with Crippen LogP contribution < -0.4 is 0 Å². The number of carbonyl (C=O) groups is 1. The van der Waals surface area contributed by atoms with Crippen LogP contribution in [0.25, 0.3) is 0 Å². The van der Waals surface area contributed by atoms with Crippen molar-refractivity contribution in [2.24, 2.45) is 0 Å². The summed E-state index contributed by atoms with van der Waals surface area (Å²) in [4.78, 5) is 10.7. The van der Waals surface area contributed by atoms with E-state index in [2.05, 4.69) is 6.58 Å². The van der Waals surface area contributed by atoms with Gasteiger partial charge in [0.05, 0.1) is 0 Å². The number of carboxylic acids is 1. The summed E-state index contributed by atoms with van der Waals surface area (Å²) in [6.45, 7) is 5.58. The molecule has 1 atom stereocenters. The highest BCUT2D eigenvalue weighted by molar-refractivity contribution is 8.00. The number of carboxylic acid groups (broad SMARTS) is 1. The van der Waals surface area contributed by atoms with Crippen LogP contribution in [0.2, 0.25) is 0 Å². The Balaban J connectivity index is 3.33. The summed E-state index contributed by atoms with van der Waals surface area (Å²) >= 11 is 1.56. The number of hydrogen-bond acceptors (Lipinski definition) is 2. The first-order valence-electron chi connectivity index (χ1n) is 5.17. The molecule has 14 heavy (non-hydrogen) atoms. The van der Waals surface area contributed by atoms with Crippen molar-refractivity contribution < 1.29 is 9.90 Å². The second-order valence-corrected chi connectivity index (χ2v) is 4.55. The Morgan fingerprint density at radius 2 is 2.21 bits per heavy atom. The fraction of sp³-hybridized carbons (Fsp3) is 0.727. The van der Waals surface area contributed by atoms with Gasteiger partial charge in [0.25, 0.3) is 0 Å². The summed E-state index contributed by atoms with van der Waals surface area (Å²) in [7, 11) is 0. The van der Waals surface area contributed by atoms with Crippen LogP contribution >= 0.6 is 11.8 Å². The molecule has 2 nitrogen and oxygen atoms in total. The summed E-state index contributed by atoms with van der Waals surface area (Å²) in [6, 6.07) is 0. The molecule has 1 unspecified atom stereocenters. The average Bonchev–Trinajstić information content (AvgIpc) is 2.16. The van der Waals surface area contributed by atoms with Crippen LogP contribution in [0.5, 0.6) is 0 Å². The molecule has 0 aromatic heterocycles. The number of unbranched alkanes of at least 4 members (excludes halogenated alkanes) is 3. The molecule has 0 saturated carbocycles. The molecule has 0 bridgehead atoms. The van der Waals surface area contributed by atoms with Gasteiger partial charge in [-0.05, 0) is 31.4 Å². The Morgan fingerprint density at radius 1 is 1.50 bits per heavy atom. The quantitative estimate of drug-likeness (QED) is 0.474. The van der Waals surface area contributed by atoms with Crippen LogP contribution in [0.3, 0.4) is 0 Å². The smallest absolute Gasteiger partial charge is 0.316 e. The third kappa shape index (κ3) is 7.01. The molecule has 3 heteroatoms. The Labute approximate surface area is 90.8 Å². The van der Waals surface area contributed by atoms with Crippen LogP contribution in [0.1, 0.15) is 39.0 Å². The van der Waals surface area contributed by atoms with Gasteiger partial charge in [-0.25, -0.2) is 0 Å². The zero-order valence-electron chi connectivity index (χ0n) is 8.87. The molecule has 0 aliphatic heterocycles. The van der Waals surface area contributed by atoms with E-state index in [4.69, 9.17) is 5.11 Å². The van der Waals surface area contributed by atoms with Gasteiger partial charge in [0.2, 0.25) is 0 Å². The van der Waals surface area contributed by atoms with Crippen molar-refractivity contribution in [1.82, 2.24) is 0 Å². The fourth-order valence-corrected chi connectivity index (χ4v) is 2.19. The van der Waals surface area contributed by atoms with Gasteiger partial charge in [-0.3, -0.25) is 4.79 Å². The first-order chi connectivity index (χ1) is 6.72. The lowest BCUT2D eigenvalue weighted by Gasteiger charge is -2.08. The molecule has 1 N–H and O–H groups in total. The first kappa shape index (κ1) is 13.6. The zero-order valence-corrected chi connectivity index (χ0v) is 9.68. The molecule has 0 aromatic carbocycles. The Kier molecular flexibility index (Phi) is 8.84. The van der Waals surface area contributed by atoms with E-state index in [1.165, 1.54) is 12.8 Å². The normalized spacial score (nSPS) is 12.4. The maximum atomic E-state index is 10.7. The van der Waals surface area contributed by atoms with Crippen molar-refractivity contribution in [2.75, 3.05) is 5.75 Å². The molecular formula is C11H20O2S. The van der Waals surface area contributed by atoms with Crippen molar-refractivity contribution in [2.45, 2.75) is 44.3 Å². The number of hydrogen-bond donors (Lipinski definition) is 1. The Morgan fingerprint density at radius 3 is 2.71 bits per heavy atom. The highest BCUT2D eigenvalue weighted by Gasteiger charge is 2.14. The lowest BCUT2D eigenvalue weighted by atomic mass is 10.2. The first-order valence-corrected chi connectivity index (χ1v) is 6.22. The molecule has 0 saturated heterocycles. The molecule has 0 spiro atoms. The number of aliphatic carboxylic acids is 1. The maximum Gasteiger partial charge on any atom is 0.316 e. The molecular weight excluding hydrogens is 196 g/mol. The monoisotopic (exact) mass is 216 g/mol. The second kappa shape index (κ2) is 9.13. The Bertz CT molecular complexity index is 169. The molecule has 0 fully saturated rings.